The molecule has 0 saturated carbocycles. The highest BCUT2D eigenvalue weighted by Crippen LogP contribution is 2.25. The highest BCUT2D eigenvalue weighted by Gasteiger charge is 2.40. The SMILES string of the molecule is O=C(Cn1c(Cl)cnc(NCC(F)(F)c2cccc[n+]2[O-])c1=O)NCc1ccccc1OS(=O)(=O)OCC(F)(F)F.O=C(O)C(F)(F)F. The van der Waals surface area contributed by atoms with E-state index in [4.69, 9.17) is 21.5 Å². The molecule has 3 N–H and O–H groups in total. The third kappa shape index (κ3) is 12.4. The third-order valence-corrected chi connectivity index (χ3v) is 6.33. The molecule has 2 heterocycles. The van der Waals surface area contributed by atoms with E-state index in [-0.39, 0.29) is 15.4 Å². The van der Waals surface area contributed by atoms with Gasteiger partial charge in [0.05, 0.1) is 12.7 Å². The third-order valence-electron chi connectivity index (χ3n) is 5.23. The van der Waals surface area contributed by atoms with Crippen molar-refractivity contribution in [2.24, 2.45) is 0 Å². The minimum Gasteiger partial charge on any atom is -0.618 e. The van der Waals surface area contributed by atoms with E-state index in [2.05, 4.69) is 24.0 Å². The number of carbonyl (C=O) groups is 2. The summed E-state index contributed by atoms with van der Waals surface area (Å²) in [5.41, 5.74) is -1.93. The molecular formula is C24H20ClF8N5O9S. The van der Waals surface area contributed by atoms with E-state index in [9.17, 15) is 58.3 Å². The molecule has 2 aromatic heterocycles. The highest BCUT2D eigenvalue weighted by atomic mass is 35.5. The number of rotatable bonds is 12. The molecule has 0 aliphatic heterocycles. The summed E-state index contributed by atoms with van der Waals surface area (Å²) in [6.07, 6.45) is -8.23. The normalized spacial score (nSPS) is 12.0. The Hall–Kier alpha value is -4.77. The fourth-order valence-electron chi connectivity index (χ4n) is 3.13. The molecule has 264 valence electrons. The summed E-state index contributed by atoms with van der Waals surface area (Å²) in [6.45, 7) is -4.46. The van der Waals surface area contributed by atoms with Crippen LogP contribution in [0.25, 0.3) is 0 Å². The molecule has 0 radical (unpaired) electrons. The lowest BCUT2D eigenvalue weighted by Crippen LogP contribution is -2.41. The van der Waals surface area contributed by atoms with E-state index in [1.54, 1.807) is 0 Å². The minimum absolute atomic E-state index is 0.00863. The number of para-hydroxylation sites is 1. The van der Waals surface area contributed by atoms with Gasteiger partial charge in [0, 0.05) is 24.2 Å². The highest BCUT2D eigenvalue weighted by molar-refractivity contribution is 7.82. The van der Waals surface area contributed by atoms with E-state index in [1.165, 1.54) is 30.3 Å². The molecule has 0 atom stereocenters. The van der Waals surface area contributed by atoms with Gasteiger partial charge in [0.1, 0.15) is 17.4 Å². The molecule has 0 aliphatic rings. The lowest BCUT2D eigenvalue weighted by atomic mass is 10.2. The number of aromatic nitrogens is 3. The number of aliphatic carboxylic acids is 1. The van der Waals surface area contributed by atoms with Crippen molar-refractivity contribution >= 4 is 39.7 Å². The molecule has 0 unspecified atom stereocenters. The Kier molecular flexibility index (Phi) is 13.0. The number of anilines is 1. The minimum atomic E-state index is -5.11. The number of alkyl halides is 8. The van der Waals surface area contributed by atoms with Crippen molar-refractivity contribution in [1.82, 2.24) is 14.9 Å². The number of carboxylic acid groups (broad SMARTS) is 1. The van der Waals surface area contributed by atoms with Gasteiger partial charge in [0.15, 0.2) is 18.6 Å². The Bertz CT molecular complexity index is 1770. The molecule has 1 amide bonds. The molecule has 14 nitrogen and oxygen atoms in total. The number of carboxylic acids is 1. The first kappa shape index (κ1) is 39.4. The molecule has 0 fully saturated rings. The van der Waals surface area contributed by atoms with Gasteiger partial charge in [0.2, 0.25) is 5.91 Å². The fraction of sp³-hybridized carbons (Fsp3) is 0.292. The second-order valence-corrected chi connectivity index (χ2v) is 10.5. The average Bonchev–Trinajstić information content (AvgIpc) is 2.97. The van der Waals surface area contributed by atoms with Crippen LogP contribution in [-0.2, 0) is 43.2 Å². The predicted molar refractivity (Wildman–Crippen MR) is 145 cm³/mol. The Morgan fingerprint density at radius 2 is 1.65 bits per heavy atom. The smallest absolute Gasteiger partial charge is 0.490 e. The number of nitrogens with one attached hydrogen (secondary N) is 2. The number of halogens is 9. The molecule has 3 aromatic rings. The summed E-state index contributed by atoms with van der Waals surface area (Å²) in [5.74, 6) is -8.37. The van der Waals surface area contributed by atoms with Crippen molar-refractivity contribution in [2.45, 2.75) is 31.4 Å². The van der Waals surface area contributed by atoms with Crippen LogP contribution in [0.2, 0.25) is 5.15 Å². The van der Waals surface area contributed by atoms with Crippen LogP contribution < -0.4 is 25.1 Å². The number of nitrogens with zero attached hydrogens (tertiary/aromatic N) is 3. The summed E-state index contributed by atoms with van der Waals surface area (Å²) in [4.78, 5) is 37.8. The van der Waals surface area contributed by atoms with Crippen molar-refractivity contribution in [3.8, 4) is 5.75 Å². The van der Waals surface area contributed by atoms with Crippen molar-refractivity contribution in [2.75, 3.05) is 18.5 Å². The van der Waals surface area contributed by atoms with Crippen molar-refractivity contribution in [3.63, 3.8) is 0 Å². The van der Waals surface area contributed by atoms with Crippen LogP contribution in [0.3, 0.4) is 0 Å². The second kappa shape index (κ2) is 15.9. The summed E-state index contributed by atoms with van der Waals surface area (Å²) in [5, 5.41) is 22.9. The monoisotopic (exact) mass is 741 g/mol. The van der Waals surface area contributed by atoms with Crippen LogP contribution in [0.1, 0.15) is 11.3 Å². The second-order valence-electron chi connectivity index (χ2n) is 8.85. The van der Waals surface area contributed by atoms with Gasteiger partial charge in [-0.1, -0.05) is 29.8 Å². The van der Waals surface area contributed by atoms with Crippen LogP contribution in [0.5, 0.6) is 5.75 Å². The number of hydrogen-bond donors (Lipinski definition) is 3. The summed E-state index contributed by atoms with van der Waals surface area (Å²) in [6, 6.07) is 8.50. The number of pyridine rings is 1. The topological polar surface area (TPSA) is 193 Å². The number of amides is 1. The van der Waals surface area contributed by atoms with E-state index in [0.717, 1.165) is 24.5 Å². The largest absolute Gasteiger partial charge is 0.618 e. The first-order chi connectivity index (χ1) is 22.0. The van der Waals surface area contributed by atoms with Gasteiger partial charge in [-0.2, -0.15) is 48.3 Å². The lowest BCUT2D eigenvalue weighted by molar-refractivity contribution is -0.624. The first-order valence-electron chi connectivity index (χ1n) is 12.4. The van der Waals surface area contributed by atoms with Gasteiger partial charge in [-0.25, -0.2) is 14.0 Å². The average molecular weight is 742 g/mol. The molecule has 0 spiro atoms. The molecule has 3 rings (SSSR count). The zero-order valence-corrected chi connectivity index (χ0v) is 25.0. The lowest BCUT2D eigenvalue weighted by Gasteiger charge is -2.17. The zero-order valence-electron chi connectivity index (χ0n) is 23.4. The van der Waals surface area contributed by atoms with Crippen LogP contribution in [0.4, 0.5) is 40.9 Å². The van der Waals surface area contributed by atoms with Gasteiger partial charge in [-0.3, -0.25) is 14.2 Å². The maximum atomic E-state index is 14.5. The Labute approximate surface area is 268 Å². The molecule has 1 aromatic carbocycles. The summed E-state index contributed by atoms with van der Waals surface area (Å²) in [7, 11) is -5.11. The fourth-order valence-corrected chi connectivity index (χ4v) is 4.02. The molecular weight excluding hydrogens is 722 g/mol. The van der Waals surface area contributed by atoms with E-state index < -0.39 is 89.6 Å². The van der Waals surface area contributed by atoms with E-state index in [0.29, 0.717) is 4.57 Å². The van der Waals surface area contributed by atoms with Crippen LogP contribution in [-0.4, -0.2) is 60.5 Å². The Morgan fingerprint density at radius 1 is 1.04 bits per heavy atom. The van der Waals surface area contributed by atoms with Crippen LogP contribution in [0.15, 0.2) is 59.7 Å². The van der Waals surface area contributed by atoms with Crippen LogP contribution in [0, 0.1) is 5.21 Å². The Morgan fingerprint density at radius 3 is 2.23 bits per heavy atom. The number of carbonyl (C=O) groups excluding carboxylic acids is 1. The van der Waals surface area contributed by atoms with Gasteiger partial charge in [-0.15, -0.1) is 0 Å². The first-order valence-corrected chi connectivity index (χ1v) is 14.1. The predicted octanol–water partition coefficient (Wildman–Crippen LogP) is 2.89. The molecule has 48 heavy (non-hydrogen) atoms. The Balaban J connectivity index is 0.00000103. The molecule has 0 saturated heterocycles. The molecule has 24 heteroatoms. The van der Waals surface area contributed by atoms with E-state index >= 15 is 0 Å². The van der Waals surface area contributed by atoms with Gasteiger partial charge >= 0.3 is 34.6 Å². The maximum Gasteiger partial charge on any atom is 0.490 e. The quantitative estimate of drug-likeness (QED) is 0.140. The summed E-state index contributed by atoms with van der Waals surface area (Å²) < 4.78 is 130. The number of benzene rings is 1. The van der Waals surface area contributed by atoms with E-state index in [1.807, 2.05) is 0 Å². The molecule has 0 aliphatic carbocycles. The number of hydrogen-bond acceptors (Lipinski definition) is 10. The maximum absolute atomic E-state index is 14.5. The van der Waals surface area contributed by atoms with Gasteiger partial charge in [0.25, 0.3) is 11.3 Å². The van der Waals surface area contributed by atoms with Crippen molar-refractivity contribution < 1.29 is 71.3 Å². The zero-order chi connectivity index (χ0) is 36.5. The molecule has 0 bridgehead atoms. The van der Waals surface area contributed by atoms with Gasteiger partial charge < -0.3 is 25.1 Å². The van der Waals surface area contributed by atoms with Crippen LogP contribution >= 0.6 is 11.6 Å². The standard InChI is InChI=1S/C22H19ClF5N5O7S.C2HF3O2/c23-17-10-30-19(31-12-21(24,25)16-7-3-4-8-33(16)36)20(35)32(17)11-18(34)29-9-14-5-1-2-6-15(14)40-41(37,38)39-13-22(26,27)28;3-2(4,5)1(6)7/h1-8,10H,9,11-13H2,(H,29,34)(H,30,31);(H,6,7). The van der Waals surface area contributed by atoms with Gasteiger partial charge in [-0.05, 0) is 12.1 Å². The summed E-state index contributed by atoms with van der Waals surface area (Å²) >= 11 is 5.95. The van der Waals surface area contributed by atoms with Crippen molar-refractivity contribution in [3.05, 3.63) is 86.8 Å². The van der Waals surface area contributed by atoms with Crippen molar-refractivity contribution in [1.29, 1.82) is 0 Å².